The van der Waals surface area contributed by atoms with Crippen LogP contribution in [0.5, 0.6) is 0 Å². The fourth-order valence-electron chi connectivity index (χ4n) is 3.56. The molecule has 0 aromatic carbocycles. The van der Waals surface area contributed by atoms with Crippen LogP contribution in [0.2, 0.25) is 0 Å². The molecule has 4 atom stereocenters. The van der Waals surface area contributed by atoms with Gasteiger partial charge < -0.3 is 15.2 Å². The zero-order valence-corrected chi connectivity index (χ0v) is 11.4. The molecular weight excluding hydrogens is 230 g/mol. The summed E-state index contributed by atoms with van der Waals surface area (Å²) in [6, 6.07) is 0.170. The number of carboxylic acid groups (broad SMARTS) is 1. The summed E-state index contributed by atoms with van der Waals surface area (Å²) in [4.78, 5) is 11.3. The summed E-state index contributed by atoms with van der Waals surface area (Å²) in [6.07, 6.45) is 3.39. The molecule has 0 radical (unpaired) electrons. The van der Waals surface area contributed by atoms with Crippen molar-refractivity contribution < 1.29 is 14.6 Å². The molecule has 2 aliphatic rings. The van der Waals surface area contributed by atoms with Crippen LogP contribution in [-0.4, -0.2) is 36.9 Å². The van der Waals surface area contributed by atoms with E-state index < -0.39 is 5.97 Å². The van der Waals surface area contributed by atoms with E-state index in [0.717, 1.165) is 26.0 Å². The Kier molecular flexibility index (Phi) is 4.62. The van der Waals surface area contributed by atoms with Crippen molar-refractivity contribution in [3.8, 4) is 0 Å². The van der Waals surface area contributed by atoms with Crippen LogP contribution < -0.4 is 5.32 Å². The molecule has 4 heteroatoms. The van der Waals surface area contributed by atoms with Crippen molar-refractivity contribution in [2.24, 2.45) is 23.7 Å². The average Bonchev–Trinajstić information content (AvgIpc) is 2.87. The number of fused-ring (bicyclic) bond motifs is 2. The first-order chi connectivity index (χ1) is 8.59. The van der Waals surface area contributed by atoms with E-state index in [1.54, 1.807) is 0 Å². The molecule has 0 aromatic heterocycles. The van der Waals surface area contributed by atoms with Gasteiger partial charge in [0.2, 0.25) is 0 Å². The van der Waals surface area contributed by atoms with Crippen molar-refractivity contribution >= 4 is 5.97 Å². The lowest BCUT2D eigenvalue weighted by Crippen LogP contribution is -2.45. The maximum Gasteiger partial charge on any atom is 0.308 e. The number of rotatable bonds is 7. The van der Waals surface area contributed by atoms with E-state index in [-0.39, 0.29) is 12.0 Å². The van der Waals surface area contributed by atoms with E-state index in [2.05, 4.69) is 19.2 Å². The number of nitrogens with one attached hydrogen (secondary N) is 1. The number of hydrogen-bond donors (Lipinski definition) is 2. The molecule has 104 valence electrons. The maximum absolute atomic E-state index is 11.3. The summed E-state index contributed by atoms with van der Waals surface area (Å²) in [5, 5.41) is 12.7. The lowest BCUT2D eigenvalue weighted by atomic mass is 9.84. The van der Waals surface area contributed by atoms with Crippen LogP contribution in [0.3, 0.4) is 0 Å². The Labute approximate surface area is 109 Å². The van der Waals surface area contributed by atoms with Gasteiger partial charge in [0.15, 0.2) is 0 Å². The molecule has 0 saturated heterocycles. The number of ether oxygens (including phenoxy) is 1. The normalized spacial score (nSPS) is 34.4. The first-order valence-electron chi connectivity index (χ1n) is 7.13. The van der Waals surface area contributed by atoms with Gasteiger partial charge in [-0.15, -0.1) is 0 Å². The highest BCUT2D eigenvalue weighted by Gasteiger charge is 2.50. The summed E-state index contributed by atoms with van der Waals surface area (Å²) in [7, 11) is 0. The van der Waals surface area contributed by atoms with Crippen molar-refractivity contribution in [2.75, 3.05) is 19.8 Å². The topological polar surface area (TPSA) is 58.6 Å². The smallest absolute Gasteiger partial charge is 0.308 e. The maximum atomic E-state index is 11.3. The molecular formula is C14H25NO3. The van der Waals surface area contributed by atoms with Crippen LogP contribution in [0.1, 0.15) is 33.1 Å². The Bertz CT molecular complexity index is 293. The van der Waals surface area contributed by atoms with Crippen LogP contribution in [0.15, 0.2) is 0 Å². The van der Waals surface area contributed by atoms with E-state index in [1.807, 2.05) is 0 Å². The number of carbonyl (C=O) groups is 1. The van der Waals surface area contributed by atoms with Crippen molar-refractivity contribution in [1.29, 1.82) is 0 Å². The predicted molar refractivity (Wildman–Crippen MR) is 69.4 cm³/mol. The molecule has 0 aromatic rings. The second-order valence-corrected chi connectivity index (χ2v) is 6.15. The molecule has 2 N–H and O–H groups in total. The third-order valence-electron chi connectivity index (χ3n) is 4.28. The largest absolute Gasteiger partial charge is 0.481 e. The quantitative estimate of drug-likeness (QED) is 0.680. The predicted octanol–water partition coefficient (Wildman–Crippen LogP) is 1.75. The van der Waals surface area contributed by atoms with Crippen LogP contribution in [-0.2, 0) is 9.53 Å². The van der Waals surface area contributed by atoms with Gasteiger partial charge >= 0.3 is 5.97 Å². The Morgan fingerprint density at radius 2 is 2.11 bits per heavy atom. The molecule has 2 aliphatic carbocycles. The molecule has 0 aliphatic heterocycles. The van der Waals surface area contributed by atoms with Gasteiger partial charge in [-0.2, -0.15) is 0 Å². The third kappa shape index (κ3) is 3.04. The van der Waals surface area contributed by atoms with Crippen molar-refractivity contribution in [3.05, 3.63) is 0 Å². The van der Waals surface area contributed by atoms with E-state index in [4.69, 9.17) is 4.74 Å². The van der Waals surface area contributed by atoms with Crippen LogP contribution >= 0.6 is 0 Å². The summed E-state index contributed by atoms with van der Waals surface area (Å²) in [5.41, 5.74) is 0. The lowest BCUT2D eigenvalue weighted by Gasteiger charge is -2.29. The lowest BCUT2D eigenvalue weighted by molar-refractivity contribution is -0.144. The fourth-order valence-corrected chi connectivity index (χ4v) is 3.56. The molecule has 2 saturated carbocycles. The van der Waals surface area contributed by atoms with E-state index >= 15 is 0 Å². The molecule has 2 bridgehead atoms. The third-order valence-corrected chi connectivity index (χ3v) is 4.28. The molecule has 2 rings (SSSR count). The zero-order valence-electron chi connectivity index (χ0n) is 11.4. The van der Waals surface area contributed by atoms with Gasteiger partial charge in [0.25, 0.3) is 0 Å². The highest BCUT2D eigenvalue weighted by Crippen LogP contribution is 2.48. The van der Waals surface area contributed by atoms with Crippen molar-refractivity contribution in [1.82, 2.24) is 5.32 Å². The average molecular weight is 255 g/mol. The van der Waals surface area contributed by atoms with Crippen molar-refractivity contribution in [3.63, 3.8) is 0 Å². The first kappa shape index (κ1) is 13.8. The minimum atomic E-state index is -0.622. The molecule has 18 heavy (non-hydrogen) atoms. The van der Waals surface area contributed by atoms with Crippen molar-refractivity contribution in [2.45, 2.75) is 39.2 Å². The number of aliphatic carboxylic acids is 1. The Balaban J connectivity index is 1.73. The number of hydrogen-bond acceptors (Lipinski definition) is 3. The summed E-state index contributed by atoms with van der Waals surface area (Å²) >= 11 is 0. The molecule has 4 unspecified atom stereocenters. The minimum Gasteiger partial charge on any atom is -0.481 e. The molecule has 4 nitrogen and oxygen atoms in total. The Morgan fingerprint density at radius 1 is 1.39 bits per heavy atom. The molecule has 2 fully saturated rings. The first-order valence-corrected chi connectivity index (χ1v) is 7.13. The van der Waals surface area contributed by atoms with E-state index in [9.17, 15) is 9.90 Å². The highest BCUT2D eigenvalue weighted by molar-refractivity contribution is 5.72. The van der Waals surface area contributed by atoms with Crippen LogP contribution in [0.4, 0.5) is 0 Å². The van der Waals surface area contributed by atoms with Gasteiger partial charge in [0, 0.05) is 19.2 Å². The molecule has 0 amide bonds. The highest BCUT2D eigenvalue weighted by atomic mass is 16.5. The zero-order chi connectivity index (χ0) is 13.1. The van der Waals surface area contributed by atoms with Gasteiger partial charge in [-0.1, -0.05) is 13.8 Å². The van der Waals surface area contributed by atoms with Crippen LogP contribution in [0.25, 0.3) is 0 Å². The van der Waals surface area contributed by atoms with Crippen LogP contribution in [0, 0.1) is 23.7 Å². The SMILES string of the molecule is CC(C)COCCNC1C2CCC(C2)C1C(=O)O. The number of carboxylic acids is 1. The molecule has 0 heterocycles. The van der Waals surface area contributed by atoms with Gasteiger partial charge in [0.05, 0.1) is 12.5 Å². The van der Waals surface area contributed by atoms with Gasteiger partial charge in [-0.25, -0.2) is 0 Å². The monoisotopic (exact) mass is 255 g/mol. The minimum absolute atomic E-state index is 0.170. The second kappa shape index (κ2) is 6.02. The summed E-state index contributed by atoms with van der Waals surface area (Å²) < 4.78 is 5.52. The Hall–Kier alpha value is -0.610. The Morgan fingerprint density at radius 3 is 2.78 bits per heavy atom. The van der Waals surface area contributed by atoms with Gasteiger partial charge in [0.1, 0.15) is 0 Å². The fraction of sp³-hybridized carbons (Fsp3) is 0.929. The van der Waals surface area contributed by atoms with Gasteiger partial charge in [-0.3, -0.25) is 4.79 Å². The second-order valence-electron chi connectivity index (χ2n) is 6.15. The summed E-state index contributed by atoms with van der Waals surface area (Å²) in [6.45, 7) is 6.48. The van der Waals surface area contributed by atoms with Gasteiger partial charge in [-0.05, 0) is 37.0 Å². The standard InChI is InChI=1S/C14H25NO3/c1-9(2)8-18-6-5-15-13-11-4-3-10(7-11)12(13)14(16)17/h9-13,15H,3-8H2,1-2H3,(H,16,17). The van der Waals surface area contributed by atoms with E-state index in [0.29, 0.717) is 24.4 Å². The van der Waals surface area contributed by atoms with E-state index in [1.165, 1.54) is 6.42 Å². The summed E-state index contributed by atoms with van der Waals surface area (Å²) in [5.74, 6) is 0.735. The molecule has 0 spiro atoms.